The van der Waals surface area contributed by atoms with Gasteiger partial charge in [0.2, 0.25) is 11.8 Å². The second-order valence-electron chi connectivity index (χ2n) is 2.41. The van der Waals surface area contributed by atoms with Gasteiger partial charge in [0, 0.05) is 19.9 Å². The Hall–Kier alpha value is -1.59. The highest BCUT2D eigenvalue weighted by Gasteiger charge is 2.04. The van der Waals surface area contributed by atoms with Crippen LogP contribution in [0.4, 0.5) is 0 Å². The van der Waals surface area contributed by atoms with E-state index in [1.165, 1.54) is 14.0 Å². The van der Waals surface area contributed by atoms with Crippen LogP contribution in [0.1, 0.15) is 12.8 Å². The van der Waals surface area contributed by atoms with Gasteiger partial charge in [0.25, 0.3) is 0 Å². The van der Waals surface area contributed by atoms with Gasteiger partial charge in [0.15, 0.2) is 0 Å². The predicted molar refractivity (Wildman–Crippen MR) is 43.2 cm³/mol. The first-order valence-electron chi connectivity index (χ1n) is 3.83. The van der Waals surface area contributed by atoms with E-state index in [1.807, 2.05) is 0 Å². The van der Waals surface area contributed by atoms with Crippen LogP contribution in [0.2, 0.25) is 0 Å². The molecule has 0 aliphatic carbocycles. The van der Waals surface area contributed by atoms with Crippen molar-refractivity contribution in [2.75, 3.05) is 13.7 Å². The van der Waals surface area contributed by atoms with Gasteiger partial charge < -0.3 is 14.6 Å². The summed E-state index contributed by atoms with van der Waals surface area (Å²) in [5.74, 6) is 0.372. The Kier molecular flexibility index (Phi) is 3.24. The molecule has 1 amide bonds. The van der Waals surface area contributed by atoms with Gasteiger partial charge in [0.1, 0.15) is 0 Å². The summed E-state index contributed by atoms with van der Waals surface area (Å²) < 4.78 is 9.52. The number of rotatable bonds is 4. The van der Waals surface area contributed by atoms with Crippen molar-refractivity contribution in [2.24, 2.45) is 0 Å². The summed E-state index contributed by atoms with van der Waals surface area (Å²) in [5.41, 5.74) is 0. The van der Waals surface area contributed by atoms with E-state index < -0.39 is 0 Å². The third-order valence-electron chi connectivity index (χ3n) is 1.34. The molecule has 0 radical (unpaired) electrons. The largest absolute Gasteiger partial charge is 0.465 e. The SMILES string of the molecule is COc1noc(CCNC(C)=O)n1. The lowest BCUT2D eigenvalue weighted by Gasteiger charge is -1.96. The number of nitrogens with one attached hydrogen (secondary N) is 1. The second kappa shape index (κ2) is 4.44. The van der Waals surface area contributed by atoms with E-state index in [1.54, 1.807) is 0 Å². The number of methoxy groups -OCH3 is 1. The molecule has 1 aromatic heterocycles. The van der Waals surface area contributed by atoms with Crippen LogP contribution in [0.3, 0.4) is 0 Å². The molecule has 0 spiro atoms. The molecule has 1 heterocycles. The molecule has 0 unspecified atom stereocenters. The second-order valence-corrected chi connectivity index (χ2v) is 2.41. The number of carbonyl (C=O) groups is 1. The zero-order valence-electron chi connectivity index (χ0n) is 7.53. The third kappa shape index (κ3) is 3.10. The Balaban J connectivity index is 2.32. The van der Waals surface area contributed by atoms with Gasteiger partial charge in [-0.1, -0.05) is 0 Å². The summed E-state index contributed by atoms with van der Waals surface area (Å²) in [5, 5.41) is 6.13. The summed E-state index contributed by atoms with van der Waals surface area (Å²) in [6, 6.07) is 0.206. The average Bonchev–Trinajstić information content (AvgIpc) is 2.52. The minimum absolute atomic E-state index is 0.0773. The molecule has 0 fully saturated rings. The molecule has 0 saturated carbocycles. The van der Waals surface area contributed by atoms with E-state index >= 15 is 0 Å². The zero-order valence-corrected chi connectivity index (χ0v) is 7.53. The topological polar surface area (TPSA) is 77.3 Å². The number of hydrogen-bond donors (Lipinski definition) is 1. The molecule has 0 aliphatic heterocycles. The lowest BCUT2D eigenvalue weighted by atomic mass is 10.4. The number of aromatic nitrogens is 2. The fourth-order valence-corrected chi connectivity index (χ4v) is 0.769. The number of ether oxygens (including phenoxy) is 1. The summed E-state index contributed by atoms with van der Waals surface area (Å²) in [4.78, 5) is 14.4. The van der Waals surface area contributed by atoms with Crippen LogP contribution in [0, 0.1) is 0 Å². The van der Waals surface area contributed by atoms with E-state index in [4.69, 9.17) is 9.26 Å². The van der Waals surface area contributed by atoms with Gasteiger partial charge in [-0.3, -0.25) is 4.79 Å². The van der Waals surface area contributed by atoms with Gasteiger partial charge in [0.05, 0.1) is 7.11 Å². The lowest BCUT2D eigenvalue weighted by Crippen LogP contribution is -2.22. The van der Waals surface area contributed by atoms with Crippen LogP contribution < -0.4 is 10.1 Å². The molecule has 13 heavy (non-hydrogen) atoms. The first kappa shape index (κ1) is 9.50. The van der Waals surface area contributed by atoms with Crippen LogP contribution in [0.5, 0.6) is 6.01 Å². The smallest absolute Gasteiger partial charge is 0.353 e. The molecule has 0 aliphatic rings. The average molecular weight is 185 g/mol. The maximum absolute atomic E-state index is 10.5. The Labute approximate surface area is 75.3 Å². The summed E-state index contributed by atoms with van der Waals surface area (Å²) >= 11 is 0. The molecular formula is C7H11N3O3. The Morgan fingerprint density at radius 3 is 3.00 bits per heavy atom. The van der Waals surface area contributed by atoms with Crippen LogP contribution in [0.25, 0.3) is 0 Å². The molecular weight excluding hydrogens is 174 g/mol. The molecule has 1 aromatic rings. The molecule has 0 bridgehead atoms. The summed E-state index contributed by atoms with van der Waals surface area (Å²) in [7, 11) is 1.46. The fraction of sp³-hybridized carbons (Fsp3) is 0.571. The van der Waals surface area contributed by atoms with Crippen LogP contribution >= 0.6 is 0 Å². The molecule has 6 heteroatoms. The Morgan fingerprint density at radius 2 is 2.46 bits per heavy atom. The van der Waals surface area contributed by atoms with Crippen molar-refractivity contribution >= 4 is 5.91 Å². The van der Waals surface area contributed by atoms with E-state index in [2.05, 4.69) is 15.5 Å². The quantitative estimate of drug-likeness (QED) is 0.700. The molecule has 0 saturated heterocycles. The number of hydrogen-bond acceptors (Lipinski definition) is 5. The fourth-order valence-electron chi connectivity index (χ4n) is 0.769. The van der Waals surface area contributed by atoms with Gasteiger partial charge in [-0.25, -0.2) is 0 Å². The van der Waals surface area contributed by atoms with Crippen LogP contribution in [-0.2, 0) is 11.2 Å². The maximum atomic E-state index is 10.5. The predicted octanol–water partition coefficient (Wildman–Crippen LogP) is -0.243. The first-order valence-corrected chi connectivity index (χ1v) is 3.83. The van der Waals surface area contributed by atoms with Crippen molar-refractivity contribution in [3.05, 3.63) is 5.89 Å². The van der Waals surface area contributed by atoms with Gasteiger partial charge >= 0.3 is 6.01 Å². The molecule has 1 N–H and O–H groups in total. The normalized spacial score (nSPS) is 9.69. The van der Waals surface area contributed by atoms with Crippen molar-refractivity contribution in [1.82, 2.24) is 15.5 Å². The van der Waals surface area contributed by atoms with Crippen LogP contribution in [-0.4, -0.2) is 29.7 Å². The van der Waals surface area contributed by atoms with Crippen molar-refractivity contribution < 1.29 is 14.1 Å². The van der Waals surface area contributed by atoms with Crippen molar-refractivity contribution in [3.8, 4) is 6.01 Å². The monoisotopic (exact) mass is 185 g/mol. The van der Waals surface area contributed by atoms with Gasteiger partial charge in [-0.15, -0.1) is 0 Å². The summed E-state index contributed by atoms with van der Waals surface area (Å²) in [6.45, 7) is 1.94. The number of amides is 1. The maximum Gasteiger partial charge on any atom is 0.353 e. The van der Waals surface area contributed by atoms with Crippen molar-refractivity contribution in [2.45, 2.75) is 13.3 Å². The lowest BCUT2D eigenvalue weighted by molar-refractivity contribution is -0.118. The Morgan fingerprint density at radius 1 is 1.69 bits per heavy atom. The molecule has 6 nitrogen and oxygen atoms in total. The van der Waals surface area contributed by atoms with E-state index in [9.17, 15) is 4.79 Å². The zero-order chi connectivity index (χ0) is 9.68. The van der Waals surface area contributed by atoms with Crippen LogP contribution in [0.15, 0.2) is 4.52 Å². The molecule has 72 valence electrons. The van der Waals surface area contributed by atoms with E-state index in [0.29, 0.717) is 18.9 Å². The first-order chi connectivity index (χ1) is 6.22. The highest BCUT2D eigenvalue weighted by atomic mass is 16.5. The third-order valence-corrected chi connectivity index (χ3v) is 1.34. The van der Waals surface area contributed by atoms with Gasteiger partial charge in [-0.05, 0) is 5.16 Å². The molecule has 0 aromatic carbocycles. The standard InChI is InChI=1S/C7H11N3O3/c1-5(11)8-4-3-6-9-7(12-2)10-13-6/h3-4H2,1-2H3,(H,8,11). The highest BCUT2D eigenvalue weighted by molar-refractivity contribution is 5.72. The Bertz CT molecular complexity index is 284. The molecule has 1 rings (SSSR count). The number of nitrogens with zero attached hydrogens (tertiary/aromatic N) is 2. The molecule has 0 atom stereocenters. The summed E-state index contributed by atoms with van der Waals surface area (Å²) in [6.07, 6.45) is 0.510. The van der Waals surface area contributed by atoms with E-state index in [0.717, 1.165) is 0 Å². The number of carbonyl (C=O) groups excluding carboxylic acids is 1. The van der Waals surface area contributed by atoms with Gasteiger partial charge in [-0.2, -0.15) is 4.98 Å². The van der Waals surface area contributed by atoms with E-state index in [-0.39, 0.29) is 11.9 Å². The highest BCUT2D eigenvalue weighted by Crippen LogP contribution is 2.03. The van der Waals surface area contributed by atoms with Crippen molar-refractivity contribution in [3.63, 3.8) is 0 Å². The minimum atomic E-state index is -0.0773. The minimum Gasteiger partial charge on any atom is -0.465 e. The van der Waals surface area contributed by atoms with Crippen molar-refractivity contribution in [1.29, 1.82) is 0 Å².